The number of nitrogens with one attached hydrogen (secondary N) is 1. The van der Waals surface area contributed by atoms with Gasteiger partial charge in [-0.15, -0.1) is 11.8 Å². The summed E-state index contributed by atoms with van der Waals surface area (Å²) in [5.74, 6) is 1.44. The van der Waals surface area contributed by atoms with Gasteiger partial charge in [0.15, 0.2) is 0 Å². The van der Waals surface area contributed by atoms with Crippen molar-refractivity contribution in [2.45, 2.75) is 51.6 Å². The average Bonchev–Trinajstić information content (AvgIpc) is 2.76. The first-order valence-corrected chi connectivity index (χ1v) is 11.9. The smallest absolute Gasteiger partial charge is 0.242 e. The van der Waals surface area contributed by atoms with Crippen LogP contribution in [0.15, 0.2) is 48.5 Å². The van der Waals surface area contributed by atoms with Crippen LogP contribution in [-0.4, -0.2) is 41.7 Å². The zero-order valence-electron chi connectivity index (χ0n) is 18.6. The van der Waals surface area contributed by atoms with Crippen LogP contribution in [0.4, 0.5) is 0 Å². The Morgan fingerprint density at radius 1 is 1.13 bits per heavy atom. The van der Waals surface area contributed by atoms with Gasteiger partial charge in [0, 0.05) is 23.4 Å². The van der Waals surface area contributed by atoms with Crippen molar-refractivity contribution in [1.82, 2.24) is 10.2 Å². The van der Waals surface area contributed by atoms with Crippen molar-refractivity contribution in [3.63, 3.8) is 0 Å². The molecule has 0 bridgehead atoms. The van der Waals surface area contributed by atoms with Crippen molar-refractivity contribution in [2.75, 3.05) is 12.9 Å². The molecular weight excluding hydrogens is 432 g/mol. The third kappa shape index (κ3) is 8.11. The van der Waals surface area contributed by atoms with Gasteiger partial charge >= 0.3 is 0 Å². The molecule has 168 valence electrons. The Morgan fingerprint density at radius 2 is 1.84 bits per heavy atom. The maximum atomic E-state index is 13.1. The molecule has 2 amide bonds. The number of amides is 2. The fraction of sp³-hybridized carbons (Fsp3) is 0.417. The topological polar surface area (TPSA) is 58.6 Å². The van der Waals surface area contributed by atoms with Gasteiger partial charge in [0.2, 0.25) is 11.8 Å². The lowest BCUT2D eigenvalue weighted by molar-refractivity contribution is -0.138. The number of thioether (sulfide) groups is 1. The number of nitrogens with zero attached hydrogens (tertiary/aromatic N) is 1. The monoisotopic (exact) mass is 462 g/mol. The Balaban J connectivity index is 2.10. The highest BCUT2D eigenvalue weighted by molar-refractivity contribution is 7.99. The summed E-state index contributed by atoms with van der Waals surface area (Å²) < 4.78 is 5.30. The van der Waals surface area contributed by atoms with E-state index in [0.717, 1.165) is 23.3 Å². The van der Waals surface area contributed by atoms with Crippen LogP contribution in [-0.2, 0) is 21.9 Å². The summed E-state index contributed by atoms with van der Waals surface area (Å²) in [6.45, 7) is 6.08. The first-order valence-electron chi connectivity index (χ1n) is 10.4. The van der Waals surface area contributed by atoms with Gasteiger partial charge in [0.1, 0.15) is 11.8 Å². The summed E-state index contributed by atoms with van der Waals surface area (Å²) in [6, 6.07) is 14.6. The molecule has 0 aliphatic heterocycles. The average molecular weight is 463 g/mol. The second-order valence-corrected chi connectivity index (χ2v) is 8.91. The lowest BCUT2D eigenvalue weighted by Gasteiger charge is -2.29. The van der Waals surface area contributed by atoms with Crippen molar-refractivity contribution in [3.05, 3.63) is 64.7 Å². The van der Waals surface area contributed by atoms with Gasteiger partial charge in [-0.3, -0.25) is 9.59 Å². The summed E-state index contributed by atoms with van der Waals surface area (Å²) in [5.41, 5.74) is 1.97. The molecule has 0 fully saturated rings. The summed E-state index contributed by atoms with van der Waals surface area (Å²) in [6.07, 6.45) is 0.831. The third-order valence-corrected chi connectivity index (χ3v) is 6.26. The van der Waals surface area contributed by atoms with E-state index in [9.17, 15) is 9.59 Å². The quantitative estimate of drug-likeness (QED) is 0.515. The van der Waals surface area contributed by atoms with Crippen LogP contribution in [0.3, 0.4) is 0 Å². The maximum Gasteiger partial charge on any atom is 0.242 e. The van der Waals surface area contributed by atoms with E-state index in [0.29, 0.717) is 17.3 Å². The Bertz CT molecular complexity index is 877. The van der Waals surface area contributed by atoms with Gasteiger partial charge in [0.05, 0.1) is 12.9 Å². The van der Waals surface area contributed by atoms with Crippen molar-refractivity contribution >= 4 is 35.2 Å². The fourth-order valence-electron chi connectivity index (χ4n) is 2.98. The molecule has 5 nitrogen and oxygen atoms in total. The number of methoxy groups -OCH3 is 1. The molecule has 1 N–H and O–H groups in total. The fourth-order valence-corrected chi connectivity index (χ4v) is 4.05. The third-order valence-electron chi connectivity index (χ3n) is 5.04. The predicted octanol–water partition coefficient (Wildman–Crippen LogP) is 4.91. The van der Waals surface area contributed by atoms with E-state index in [1.54, 1.807) is 18.9 Å². The van der Waals surface area contributed by atoms with Crippen molar-refractivity contribution in [2.24, 2.45) is 0 Å². The molecule has 0 unspecified atom stereocenters. The van der Waals surface area contributed by atoms with Crippen LogP contribution in [0.5, 0.6) is 5.75 Å². The van der Waals surface area contributed by atoms with Gasteiger partial charge in [0.25, 0.3) is 0 Å². The van der Waals surface area contributed by atoms with Gasteiger partial charge in [-0.05, 0) is 55.7 Å². The van der Waals surface area contributed by atoms with Crippen LogP contribution in [0.25, 0.3) is 0 Å². The van der Waals surface area contributed by atoms with E-state index < -0.39 is 6.04 Å². The SMILES string of the molecule is CC[C@@H](C)NC(=O)[C@H](C)N(Cc1cccc(OC)c1)C(=O)CSCc1cccc(Cl)c1. The molecule has 2 atom stereocenters. The first kappa shape index (κ1) is 25.1. The first-order chi connectivity index (χ1) is 14.8. The number of carbonyl (C=O) groups is 2. The van der Waals surface area contributed by atoms with Gasteiger partial charge in [-0.25, -0.2) is 0 Å². The van der Waals surface area contributed by atoms with E-state index in [-0.39, 0.29) is 23.6 Å². The standard InChI is InChI=1S/C24H31ClN2O3S/c1-5-17(2)26-24(29)18(3)27(14-19-8-7-11-22(13-19)30-4)23(28)16-31-15-20-9-6-10-21(25)12-20/h6-13,17-18H,5,14-16H2,1-4H3,(H,26,29)/t17-,18+/m1/s1. The molecule has 0 saturated carbocycles. The zero-order valence-corrected chi connectivity index (χ0v) is 20.1. The zero-order chi connectivity index (χ0) is 22.8. The van der Waals surface area contributed by atoms with E-state index in [4.69, 9.17) is 16.3 Å². The number of hydrogen-bond donors (Lipinski definition) is 1. The highest BCUT2D eigenvalue weighted by atomic mass is 35.5. The number of rotatable bonds is 11. The Labute approximate surface area is 194 Å². The second-order valence-electron chi connectivity index (χ2n) is 7.49. The van der Waals surface area contributed by atoms with Crippen LogP contribution in [0, 0.1) is 0 Å². The number of halogens is 1. The summed E-state index contributed by atoms with van der Waals surface area (Å²) in [5, 5.41) is 3.66. The van der Waals surface area contributed by atoms with E-state index >= 15 is 0 Å². The molecule has 0 radical (unpaired) electrons. The Morgan fingerprint density at radius 3 is 2.52 bits per heavy atom. The Hall–Kier alpha value is -2.18. The largest absolute Gasteiger partial charge is 0.497 e. The Kier molecular flexibility index (Phi) is 10.2. The van der Waals surface area contributed by atoms with Crippen LogP contribution in [0.2, 0.25) is 5.02 Å². The number of carbonyl (C=O) groups excluding carboxylic acids is 2. The van der Waals surface area contributed by atoms with Gasteiger partial charge in [-0.2, -0.15) is 0 Å². The highest BCUT2D eigenvalue weighted by Crippen LogP contribution is 2.20. The van der Waals surface area contributed by atoms with E-state index in [1.165, 1.54) is 11.8 Å². The molecule has 2 rings (SSSR count). The molecule has 0 aromatic heterocycles. The van der Waals surface area contributed by atoms with Crippen molar-refractivity contribution in [1.29, 1.82) is 0 Å². The molecule has 0 saturated heterocycles. The lowest BCUT2D eigenvalue weighted by Crippen LogP contribution is -2.50. The number of hydrogen-bond acceptors (Lipinski definition) is 4. The minimum Gasteiger partial charge on any atom is -0.497 e. The van der Waals surface area contributed by atoms with Crippen molar-refractivity contribution < 1.29 is 14.3 Å². The molecule has 7 heteroatoms. The lowest BCUT2D eigenvalue weighted by atomic mass is 10.1. The van der Waals surface area contributed by atoms with Gasteiger partial charge in [-0.1, -0.05) is 42.8 Å². The summed E-state index contributed by atoms with van der Waals surface area (Å²) in [7, 11) is 1.61. The second kappa shape index (κ2) is 12.6. The molecule has 0 aliphatic carbocycles. The molecule has 0 heterocycles. The minimum atomic E-state index is -0.584. The van der Waals surface area contributed by atoms with Gasteiger partial charge < -0.3 is 15.0 Å². The van der Waals surface area contributed by atoms with Crippen LogP contribution >= 0.6 is 23.4 Å². The summed E-state index contributed by atoms with van der Waals surface area (Å²) >= 11 is 7.55. The number of benzene rings is 2. The molecular formula is C24H31ClN2O3S. The predicted molar refractivity (Wildman–Crippen MR) is 129 cm³/mol. The molecule has 0 spiro atoms. The molecule has 2 aromatic carbocycles. The maximum absolute atomic E-state index is 13.1. The molecule has 31 heavy (non-hydrogen) atoms. The highest BCUT2D eigenvalue weighted by Gasteiger charge is 2.26. The van der Waals surface area contributed by atoms with E-state index in [1.807, 2.05) is 62.4 Å². The normalized spacial score (nSPS) is 12.7. The molecule has 0 aliphatic rings. The molecule has 2 aromatic rings. The van der Waals surface area contributed by atoms with E-state index in [2.05, 4.69) is 5.32 Å². The van der Waals surface area contributed by atoms with Crippen LogP contribution in [0.1, 0.15) is 38.3 Å². The minimum absolute atomic E-state index is 0.0564. The van der Waals surface area contributed by atoms with Crippen LogP contribution < -0.4 is 10.1 Å². The summed E-state index contributed by atoms with van der Waals surface area (Å²) in [4.78, 5) is 27.5. The van der Waals surface area contributed by atoms with Crippen molar-refractivity contribution in [3.8, 4) is 5.75 Å². The number of ether oxygens (including phenoxy) is 1.